The van der Waals surface area contributed by atoms with Crippen molar-refractivity contribution in [1.82, 2.24) is 5.32 Å². The summed E-state index contributed by atoms with van der Waals surface area (Å²) in [5.41, 5.74) is 4.13. The highest BCUT2D eigenvalue weighted by molar-refractivity contribution is 7.99. The molecule has 1 atom stereocenters. The van der Waals surface area contributed by atoms with Gasteiger partial charge in [0.2, 0.25) is 0 Å². The molecule has 1 nitrogen and oxygen atoms in total. The third kappa shape index (κ3) is 4.12. The molecule has 0 spiro atoms. The Kier molecular flexibility index (Phi) is 5.69. The monoisotopic (exact) mass is 285 g/mol. The topological polar surface area (TPSA) is 12.0 Å². The molecular weight excluding hydrogens is 262 g/mol. The van der Waals surface area contributed by atoms with Gasteiger partial charge in [-0.1, -0.05) is 48.9 Å². The van der Waals surface area contributed by atoms with Crippen molar-refractivity contribution in [1.29, 1.82) is 0 Å². The average molecular weight is 285 g/mol. The van der Waals surface area contributed by atoms with Gasteiger partial charge in [-0.15, -0.1) is 11.8 Å². The van der Waals surface area contributed by atoms with Crippen LogP contribution in [-0.2, 0) is 0 Å². The van der Waals surface area contributed by atoms with E-state index >= 15 is 0 Å². The Morgan fingerprint density at radius 2 is 1.80 bits per heavy atom. The van der Waals surface area contributed by atoms with Crippen molar-refractivity contribution in [3.63, 3.8) is 0 Å². The minimum absolute atomic E-state index is 0.408. The first-order valence-electron chi connectivity index (χ1n) is 7.19. The molecule has 0 aliphatic carbocycles. The van der Waals surface area contributed by atoms with E-state index in [0.29, 0.717) is 6.04 Å². The maximum absolute atomic E-state index is 3.61. The predicted octanol–water partition coefficient (Wildman–Crippen LogP) is 4.75. The van der Waals surface area contributed by atoms with Gasteiger partial charge in [0.05, 0.1) is 0 Å². The lowest BCUT2D eigenvalue weighted by Gasteiger charge is -2.20. The molecule has 0 bridgehead atoms. The number of thioether (sulfide) groups is 1. The Bertz CT molecular complexity index is 536. The van der Waals surface area contributed by atoms with E-state index < -0.39 is 0 Å². The van der Waals surface area contributed by atoms with Gasteiger partial charge in [0.1, 0.15) is 0 Å². The van der Waals surface area contributed by atoms with Crippen LogP contribution in [0.15, 0.2) is 53.4 Å². The zero-order valence-corrected chi connectivity index (χ0v) is 13.3. The summed E-state index contributed by atoms with van der Waals surface area (Å²) in [5.74, 6) is 1.06. The zero-order valence-electron chi connectivity index (χ0n) is 12.5. The molecule has 0 saturated heterocycles. The van der Waals surface area contributed by atoms with Gasteiger partial charge in [0.25, 0.3) is 0 Å². The number of hydrogen-bond donors (Lipinski definition) is 1. The second kappa shape index (κ2) is 7.51. The van der Waals surface area contributed by atoms with E-state index in [0.717, 1.165) is 12.3 Å². The van der Waals surface area contributed by atoms with Crippen LogP contribution >= 0.6 is 11.8 Å². The van der Waals surface area contributed by atoms with Gasteiger partial charge in [-0.3, -0.25) is 0 Å². The molecule has 0 aliphatic rings. The summed E-state index contributed by atoms with van der Waals surface area (Å²) in [6, 6.07) is 17.8. The summed E-state index contributed by atoms with van der Waals surface area (Å²) in [7, 11) is 0. The summed E-state index contributed by atoms with van der Waals surface area (Å²) in [4.78, 5) is 1.33. The molecular formula is C18H23NS. The minimum atomic E-state index is 0.408. The first-order chi connectivity index (χ1) is 9.70. The van der Waals surface area contributed by atoms with Crippen molar-refractivity contribution in [2.75, 3.05) is 12.3 Å². The first kappa shape index (κ1) is 15.1. The lowest BCUT2D eigenvalue weighted by Crippen LogP contribution is -2.23. The molecule has 2 aromatic rings. The van der Waals surface area contributed by atoms with Gasteiger partial charge < -0.3 is 5.32 Å². The molecule has 0 aromatic heterocycles. The molecule has 0 saturated carbocycles. The largest absolute Gasteiger partial charge is 0.309 e. The Morgan fingerprint density at radius 1 is 1.05 bits per heavy atom. The third-order valence-electron chi connectivity index (χ3n) is 3.41. The molecule has 0 radical (unpaired) electrons. The number of aryl methyl sites for hydroxylation is 2. The number of benzene rings is 2. The smallest absolute Gasteiger partial charge is 0.0417 e. The Labute approximate surface area is 126 Å². The molecule has 0 heterocycles. The lowest BCUT2D eigenvalue weighted by molar-refractivity contribution is 0.603. The standard InChI is InChI=1S/C18H23NS/c1-4-19-18(13-20-16-8-6-5-7-9-16)17-11-10-14(2)12-15(17)3/h5-12,18-19H,4,13H2,1-3H3. The van der Waals surface area contributed by atoms with Crippen LogP contribution in [0.4, 0.5) is 0 Å². The quantitative estimate of drug-likeness (QED) is 0.769. The summed E-state index contributed by atoms with van der Waals surface area (Å²) in [5, 5.41) is 3.61. The van der Waals surface area contributed by atoms with Crippen molar-refractivity contribution in [3.8, 4) is 0 Å². The van der Waals surface area contributed by atoms with E-state index in [1.807, 2.05) is 11.8 Å². The highest BCUT2D eigenvalue weighted by Crippen LogP contribution is 2.26. The number of rotatable bonds is 6. The summed E-state index contributed by atoms with van der Waals surface area (Å²) in [6.45, 7) is 7.52. The number of hydrogen-bond acceptors (Lipinski definition) is 2. The minimum Gasteiger partial charge on any atom is -0.309 e. The van der Waals surface area contributed by atoms with E-state index in [9.17, 15) is 0 Å². The highest BCUT2D eigenvalue weighted by Gasteiger charge is 2.13. The van der Waals surface area contributed by atoms with Gasteiger partial charge in [-0.25, -0.2) is 0 Å². The van der Waals surface area contributed by atoms with Gasteiger partial charge in [-0.2, -0.15) is 0 Å². The molecule has 1 N–H and O–H groups in total. The van der Waals surface area contributed by atoms with Crippen LogP contribution < -0.4 is 5.32 Å². The first-order valence-corrected chi connectivity index (χ1v) is 8.17. The molecule has 20 heavy (non-hydrogen) atoms. The molecule has 2 heteroatoms. The van der Waals surface area contributed by atoms with Crippen LogP contribution in [0.3, 0.4) is 0 Å². The molecule has 0 aliphatic heterocycles. The fourth-order valence-corrected chi connectivity index (χ4v) is 3.42. The zero-order chi connectivity index (χ0) is 14.4. The van der Waals surface area contributed by atoms with E-state index in [4.69, 9.17) is 0 Å². The summed E-state index contributed by atoms with van der Waals surface area (Å²) in [6.07, 6.45) is 0. The Morgan fingerprint density at radius 3 is 2.45 bits per heavy atom. The SMILES string of the molecule is CCNC(CSc1ccccc1)c1ccc(C)cc1C. The van der Waals surface area contributed by atoms with E-state index in [-0.39, 0.29) is 0 Å². The molecule has 2 rings (SSSR count). The van der Waals surface area contributed by atoms with Crippen molar-refractivity contribution < 1.29 is 0 Å². The van der Waals surface area contributed by atoms with E-state index in [1.54, 1.807) is 0 Å². The summed E-state index contributed by atoms with van der Waals surface area (Å²) < 4.78 is 0. The maximum atomic E-state index is 3.61. The van der Waals surface area contributed by atoms with Crippen LogP contribution in [0.5, 0.6) is 0 Å². The van der Waals surface area contributed by atoms with Crippen molar-refractivity contribution >= 4 is 11.8 Å². The van der Waals surface area contributed by atoms with Crippen LogP contribution in [0, 0.1) is 13.8 Å². The van der Waals surface area contributed by atoms with Crippen molar-refractivity contribution in [2.45, 2.75) is 31.7 Å². The molecule has 1 unspecified atom stereocenters. The van der Waals surface area contributed by atoms with Gasteiger partial charge in [-0.05, 0) is 43.7 Å². The molecule has 2 aromatic carbocycles. The lowest BCUT2D eigenvalue weighted by atomic mass is 10.0. The van der Waals surface area contributed by atoms with Crippen LogP contribution in [0.1, 0.15) is 29.7 Å². The second-order valence-electron chi connectivity index (χ2n) is 5.09. The molecule has 106 valence electrons. The second-order valence-corrected chi connectivity index (χ2v) is 6.19. The number of nitrogens with one attached hydrogen (secondary N) is 1. The third-order valence-corrected chi connectivity index (χ3v) is 4.52. The average Bonchev–Trinajstić information content (AvgIpc) is 2.45. The highest BCUT2D eigenvalue weighted by atomic mass is 32.2. The normalized spacial score (nSPS) is 12.3. The van der Waals surface area contributed by atoms with Crippen LogP contribution in [0.2, 0.25) is 0 Å². The van der Waals surface area contributed by atoms with Gasteiger partial charge >= 0.3 is 0 Å². The fraction of sp³-hybridized carbons (Fsp3) is 0.333. The molecule has 0 fully saturated rings. The van der Waals surface area contributed by atoms with Gasteiger partial charge in [0, 0.05) is 16.7 Å². The maximum Gasteiger partial charge on any atom is 0.0417 e. The Hall–Kier alpha value is -1.25. The Balaban J connectivity index is 2.10. The van der Waals surface area contributed by atoms with Crippen LogP contribution in [0.25, 0.3) is 0 Å². The van der Waals surface area contributed by atoms with Crippen molar-refractivity contribution in [2.24, 2.45) is 0 Å². The predicted molar refractivity (Wildman–Crippen MR) is 89.5 cm³/mol. The van der Waals surface area contributed by atoms with Crippen molar-refractivity contribution in [3.05, 3.63) is 65.2 Å². The summed E-state index contributed by atoms with van der Waals surface area (Å²) >= 11 is 1.91. The van der Waals surface area contributed by atoms with E-state index in [2.05, 4.69) is 74.6 Å². The van der Waals surface area contributed by atoms with Gasteiger partial charge in [0.15, 0.2) is 0 Å². The fourth-order valence-electron chi connectivity index (χ4n) is 2.42. The van der Waals surface area contributed by atoms with E-state index in [1.165, 1.54) is 21.6 Å². The van der Waals surface area contributed by atoms with Crippen LogP contribution in [-0.4, -0.2) is 12.3 Å². The molecule has 0 amide bonds.